The minimum Gasteiger partial charge on any atom is -0.495 e. The maximum Gasteiger partial charge on any atom is 0.268 e. The van der Waals surface area contributed by atoms with Crippen LogP contribution in [-0.2, 0) is 14.8 Å². The molecule has 1 N–H and O–H groups in total. The number of halogens is 1. The molecule has 1 aliphatic carbocycles. The minimum absolute atomic E-state index is 0.0402. The van der Waals surface area contributed by atoms with E-state index < -0.39 is 22.4 Å². The number of nitrogens with one attached hydrogen (secondary N) is 1. The van der Waals surface area contributed by atoms with Crippen LogP contribution in [0.4, 0.5) is 10.1 Å². The Kier molecular flexibility index (Phi) is 7.54. The normalized spacial score (nSPS) is 15.2. The monoisotopic (exact) mass is 448 g/mol. The number of carbonyl (C=O) groups excluding carboxylic acids is 1. The zero-order valence-corrected chi connectivity index (χ0v) is 18.8. The van der Waals surface area contributed by atoms with Crippen LogP contribution in [-0.4, -0.2) is 34.0 Å². The number of benzene rings is 2. The smallest absolute Gasteiger partial charge is 0.268 e. The van der Waals surface area contributed by atoms with Crippen LogP contribution < -0.4 is 14.4 Å². The molecule has 2 aromatic rings. The molecular formula is C23H29FN2O4S. The maximum atomic E-state index is 13.6. The van der Waals surface area contributed by atoms with E-state index in [-0.39, 0.29) is 28.3 Å². The van der Waals surface area contributed by atoms with Crippen molar-refractivity contribution in [2.75, 3.05) is 18.0 Å². The summed E-state index contributed by atoms with van der Waals surface area (Å²) in [5.74, 6) is -0.689. The van der Waals surface area contributed by atoms with Gasteiger partial charge in [-0.25, -0.2) is 12.8 Å². The lowest BCUT2D eigenvalue weighted by Crippen LogP contribution is -2.44. The molecule has 0 spiro atoms. The maximum absolute atomic E-state index is 13.6. The molecule has 1 saturated carbocycles. The van der Waals surface area contributed by atoms with Crippen LogP contribution >= 0.6 is 0 Å². The highest BCUT2D eigenvalue weighted by Gasteiger charge is 2.31. The van der Waals surface area contributed by atoms with Crippen molar-refractivity contribution in [1.29, 1.82) is 0 Å². The number of sulfonamides is 1. The van der Waals surface area contributed by atoms with Crippen molar-refractivity contribution < 1.29 is 22.3 Å². The van der Waals surface area contributed by atoms with Crippen LogP contribution in [0.2, 0.25) is 0 Å². The average Bonchev–Trinajstić information content (AvgIpc) is 3.01. The molecule has 0 atom stereocenters. The molecule has 0 bridgehead atoms. The summed E-state index contributed by atoms with van der Waals surface area (Å²) in [7, 11) is -2.76. The third kappa shape index (κ3) is 5.76. The number of hydrogen-bond donors (Lipinski definition) is 1. The van der Waals surface area contributed by atoms with Gasteiger partial charge < -0.3 is 10.1 Å². The van der Waals surface area contributed by atoms with Gasteiger partial charge in [0.2, 0.25) is 5.91 Å². The van der Waals surface area contributed by atoms with Gasteiger partial charge in [0.15, 0.2) is 0 Å². The zero-order valence-electron chi connectivity index (χ0n) is 17.9. The van der Waals surface area contributed by atoms with Crippen molar-refractivity contribution in [3.05, 3.63) is 53.8 Å². The number of hydrogen-bond acceptors (Lipinski definition) is 4. The zero-order chi connectivity index (χ0) is 22.4. The Morgan fingerprint density at radius 2 is 1.74 bits per heavy atom. The Labute approximate surface area is 183 Å². The SMILES string of the molecule is COc1ccc(C)cc1S(=O)(=O)N(CC(=O)NC1CCCCCC1)c1ccc(F)cc1. The molecule has 6 nitrogen and oxygen atoms in total. The molecule has 0 radical (unpaired) electrons. The first-order valence-electron chi connectivity index (χ1n) is 10.5. The van der Waals surface area contributed by atoms with Crippen molar-refractivity contribution in [3.8, 4) is 5.75 Å². The predicted molar refractivity (Wildman–Crippen MR) is 118 cm³/mol. The number of nitrogens with zero attached hydrogens (tertiary/aromatic N) is 1. The van der Waals surface area contributed by atoms with E-state index in [4.69, 9.17) is 4.74 Å². The summed E-state index contributed by atoms with van der Waals surface area (Å²) < 4.78 is 47.0. The van der Waals surface area contributed by atoms with Crippen LogP contribution in [0.1, 0.15) is 44.1 Å². The average molecular weight is 449 g/mol. The lowest BCUT2D eigenvalue weighted by Gasteiger charge is -2.26. The van der Waals surface area contributed by atoms with E-state index in [0.29, 0.717) is 0 Å². The third-order valence-corrected chi connectivity index (χ3v) is 7.30. The molecule has 0 aromatic heterocycles. The second kappa shape index (κ2) is 10.1. The molecule has 31 heavy (non-hydrogen) atoms. The van der Waals surface area contributed by atoms with Crippen LogP contribution in [0.15, 0.2) is 47.4 Å². The molecule has 0 unspecified atom stereocenters. The minimum atomic E-state index is -4.15. The summed E-state index contributed by atoms with van der Waals surface area (Å²) in [6.07, 6.45) is 6.17. The topological polar surface area (TPSA) is 75.7 Å². The Balaban J connectivity index is 1.94. The van der Waals surface area contributed by atoms with Gasteiger partial charge in [-0.2, -0.15) is 0 Å². The first-order valence-corrected chi connectivity index (χ1v) is 12.0. The van der Waals surface area contributed by atoms with Crippen molar-refractivity contribution in [3.63, 3.8) is 0 Å². The fourth-order valence-corrected chi connectivity index (χ4v) is 5.52. The molecule has 1 amide bonds. The van der Waals surface area contributed by atoms with Gasteiger partial charge in [-0.05, 0) is 61.7 Å². The molecule has 1 aliphatic rings. The van der Waals surface area contributed by atoms with Crippen LogP contribution in [0, 0.1) is 12.7 Å². The van der Waals surface area contributed by atoms with E-state index in [2.05, 4.69) is 5.32 Å². The number of methoxy groups -OCH3 is 1. The molecule has 1 fully saturated rings. The summed E-state index contributed by atoms with van der Waals surface area (Å²) in [5.41, 5.74) is 0.947. The Morgan fingerprint density at radius 3 is 2.35 bits per heavy atom. The fourth-order valence-electron chi connectivity index (χ4n) is 3.85. The highest BCUT2D eigenvalue weighted by molar-refractivity contribution is 7.93. The van der Waals surface area contributed by atoms with Crippen LogP contribution in [0.5, 0.6) is 5.75 Å². The first kappa shape index (κ1) is 23.1. The third-order valence-electron chi connectivity index (χ3n) is 5.51. The number of aryl methyl sites for hydroxylation is 1. The van der Waals surface area contributed by atoms with E-state index in [0.717, 1.165) is 48.4 Å². The Morgan fingerprint density at radius 1 is 1.10 bits per heavy atom. The number of anilines is 1. The summed E-state index contributed by atoms with van der Waals surface area (Å²) in [4.78, 5) is 12.8. The summed E-state index contributed by atoms with van der Waals surface area (Å²) in [6, 6.07) is 9.94. The van der Waals surface area contributed by atoms with Crippen LogP contribution in [0.3, 0.4) is 0 Å². The molecule has 0 heterocycles. The van der Waals surface area contributed by atoms with Gasteiger partial charge >= 0.3 is 0 Å². The lowest BCUT2D eigenvalue weighted by atomic mass is 10.1. The van der Waals surface area contributed by atoms with Gasteiger partial charge in [-0.1, -0.05) is 31.7 Å². The van der Waals surface area contributed by atoms with Gasteiger partial charge in [0.25, 0.3) is 10.0 Å². The quantitative estimate of drug-likeness (QED) is 0.645. The fraction of sp³-hybridized carbons (Fsp3) is 0.435. The number of rotatable bonds is 7. The first-order chi connectivity index (χ1) is 14.8. The second-order valence-corrected chi connectivity index (χ2v) is 9.73. The summed E-state index contributed by atoms with van der Waals surface area (Å²) in [5, 5.41) is 2.98. The second-order valence-electron chi connectivity index (χ2n) is 7.90. The molecule has 2 aromatic carbocycles. The molecule has 8 heteroatoms. The molecule has 3 rings (SSSR count). The van der Waals surface area contributed by atoms with Gasteiger partial charge in [-0.15, -0.1) is 0 Å². The highest BCUT2D eigenvalue weighted by atomic mass is 32.2. The van der Waals surface area contributed by atoms with E-state index >= 15 is 0 Å². The predicted octanol–water partition coefficient (Wildman–Crippen LogP) is 4.18. The highest BCUT2D eigenvalue weighted by Crippen LogP contribution is 2.31. The van der Waals surface area contributed by atoms with Crippen molar-refractivity contribution in [2.45, 2.75) is 56.4 Å². The van der Waals surface area contributed by atoms with Gasteiger partial charge in [0, 0.05) is 6.04 Å². The number of ether oxygens (including phenoxy) is 1. The summed E-state index contributed by atoms with van der Waals surface area (Å²) >= 11 is 0. The number of amides is 1. The van der Waals surface area contributed by atoms with Gasteiger partial charge in [0.1, 0.15) is 23.0 Å². The standard InChI is InChI=1S/C23H29FN2O4S/c1-17-9-14-21(30-2)22(15-17)31(28,29)26(20-12-10-18(24)11-13-20)16-23(27)25-19-7-5-3-4-6-8-19/h9-15,19H,3-8,16H2,1-2H3,(H,25,27). The molecule has 0 saturated heterocycles. The van der Waals surface area contributed by atoms with Crippen molar-refractivity contribution >= 4 is 21.6 Å². The number of carbonyl (C=O) groups is 1. The van der Waals surface area contributed by atoms with Crippen LogP contribution in [0.25, 0.3) is 0 Å². The van der Waals surface area contributed by atoms with Crippen molar-refractivity contribution in [2.24, 2.45) is 0 Å². The largest absolute Gasteiger partial charge is 0.495 e. The van der Waals surface area contributed by atoms with E-state index in [9.17, 15) is 17.6 Å². The van der Waals surface area contributed by atoms with E-state index in [1.54, 1.807) is 19.1 Å². The lowest BCUT2D eigenvalue weighted by molar-refractivity contribution is -0.120. The summed E-state index contributed by atoms with van der Waals surface area (Å²) in [6.45, 7) is 1.38. The molecular weight excluding hydrogens is 419 g/mol. The Bertz CT molecular complexity index is 1000. The van der Waals surface area contributed by atoms with E-state index in [1.165, 1.54) is 37.4 Å². The molecule has 168 valence electrons. The van der Waals surface area contributed by atoms with Gasteiger partial charge in [-0.3, -0.25) is 9.10 Å². The molecule has 0 aliphatic heterocycles. The Hall–Kier alpha value is -2.61. The van der Waals surface area contributed by atoms with E-state index in [1.807, 2.05) is 0 Å². The van der Waals surface area contributed by atoms with Crippen molar-refractivity contribution in [1.82, 2.24) is 5.32 Å². The van der Waals surface area contributed by atoms with Gasteiger partial charge in [0.05, 0.1) is 12.8 Å².